The number of benzene rings is 1. The Morgan fingerprint density at radius 1 is 1.10 bits per heavy atom. The Kier molecular flexibility index (Phi) is 6.18. The molecule has 7 heteroatoms. The van der Waals surface area contributed by atoms with Crippen LogP contribution in [-0.4, -0.2) is 21.7 Å². The summed E-state index contributed by atoms with van der Waals surface area (Å²) in [5.74, 6) is 0.0239. The van der Waals surface area contributed by atoms with Crippen LogP contribution in [-0.2, 0) is 18.3 Å². The lowest BCUT2D eigenvalue weighted by molar-refractivity contribution is 0.0426. The molecule has 1 aliphatic rings. The maximum absolute atomic E-state index is 12.9. The number of aryl methyl sites for hydroxylation is 1. The molecule has 4 rings (SSSR count). The Labute approximate surface area is 178 Å². The number of aromatic nitrogens is 2. The van der Waals surface area contributed by atoms with Gasteiger partial charge >= 0.3 is 11.7 Å². The van der Waals surface area contributed by atoms with Crippen LogP contribution in [0.4, 0.5) is 0 Å². The lowest BCUT2D eigenvalue weighted by Gasteiger charge is -2.16. The van der Waals surface area contributed by atoms with Gasteiger partial charge in [-0.2, -0.15) is 0 Å². The molecule has 2 aromatic heterocycles. The van der Waals surface area contributed by atoms with Crippen LogP contribution in [0.1, 0.15) is 54.4 Å². The van der Waals surface area contributed by atoms with Crippen molar-refractivity contribution < 1.29 is 9.53 Å². The van der Waals surface area contributed by atoms with Gasteiger partial charge in [0.25, 0.3) is 5.56 Å². The van der Waals surface area contributed by atoms with Crippen molar-refractivity contribution in [1.82, 2.24) is 9.13 Å². The van der Waals surface area contributed by atoms with Crippen LogP contribution in [0.15, 0.2) is 45.3 Å². The van der Waals surface area contributed by atoms with Crippen molar-refractivity contribution in [2.45, 2.75) is 45.1 Å². The second kappa shape index (κ2) is 9.00. The van der Waals surface area contributed by atoms with Gasteiger partial charge < -0.3 is 4.74 Å². The summed E-state index contributed by atoms with van der Waals surface area (Å²) in [6, 6.07) is 8.77. The quantitative estimate of drug-likeness (QED) is 0.458. The number of carbonyl (C=O) groups is 1. The van der Waals surface area contributed by atoms with E-state index in [9.17, 15) is 14.4 Å². The zero-order valence-electron chi connectivity index (χ0n) is 17.1. The van der Waals surface area contributed by atoms with Crippen molar-refractivity contribution in [3.63, 3.8) is 0 Å². The molecule has 0 atom stereocenters. The molecule has 0 saturated heterocycles. The molecule has 6 nitrogen and oxygen atoms in total. The van der Waals surface area contributed by atoms with Gasteiger partial charge in [0.1, 0.15) is 4.83 Å². The average Bonchev–Trinajstić information content (AvgIpc) is 3.11. The highest BCUT2D eigenvalue weighted by Crippen LogP contribution is 2.23. The molecule has 0 aliphatic heterocycles. The first kappa shape index (κ1) is 20.6. The summed E-state index contributed by atoms with van der Waals surface area (Å²) in [5, 5.41) is 2.31. The summed E-state index contributed by atoms with van der Waals surface area (Å²) in [5.41, 5.74) is 0.287. The van der Waals surface area contributed by atoms with Gasteiger partial charge in [-0.25, -0.2) is 9.59 Å². The standard InChI is InChI=1S/C23H26N2O4S/c1-24-21-19(12-13-30-21)20(26)25(23(24)28)14-17-10-6-7-11-18(17)22(27)29-15-16-8-4-2-3-5-9-16/h6-7,10-13,16H,2-5,8-9,14-15H2,1H3. The predicted octanol–water partition coefficient (Wildman–Crippen LogP) is 3.94. The normalized spacial score (nSPS) is 15.2. The second-order valence-corrected chi connectivity index (χ2v) is 8.88. The van der Waals surface area contributed by atoms with E-state index >= 15 is 0 Å². The van der Waals surface area contributed by atoms with Crippen LogP contribution in [0.25, 0.3) is 10.2 Å². The van der Waals surface area contributed by atoms with Gasteiger partial charge in [-0.3, -0.25) is 13.9 Å². The fraction of sp³-hybridized carbons (Fsp3) is 0.435. The molecule has 1 saturated carbocycles. The first-order chi connectivity index (χ1) is 14.6. The fourth-order valence-electron chi connectivity index (χ4n) is 4.19. The third kappa shape index (κ3) is 4.12. The summed E-state index contributed by atoms with van der Waals surface area (Å²) >= 11 is 1.36. The number of thiophene rings is 1. The van der Waals surface area contributed by atoms with Crippen LogP contribution in [0.2, 0.25) is 0 Å². The molecule has 2 heterocycles. The molecule has 0 N–H and O–H groups in total. The Hall–Kier alpha value is -2.67. The van der Waals surface area contributed by atoms with Gasteiger partial charge in [0.2, 0.25) is 0 Å². The van der Waals surface area contributed by atoms with Crippen molar-refractivity contribution >= 4 is 27.5 Å². The summed E-state index contributed by atoms with van der Waals surface area (Å²) < 4.78 is 8.30. The van der Waals surface area contributed by atoms with Crippen molar-refractivity contribution in [2.24, 2.45) is 13.0 Å². The van der Waals surface area contributed by atoms with Crippen molar-refractivity contribution in [3.8, 4) is 0 Å². The van der Waals surface area contributed by atoms with E-state index in [1.54, 1.807) is 42.8 Å². The molecule has 158 valence electrons. The molecular formula is C23H26N2O4S. The van der Waals surface area contributed by atoms with E-state index in [0.29, 0.717) is 33.9 Å². The number of fused-ring (bicyclic) bond motifs is 1. The summed E-state index contributed by atoms with van der Waals surface area (Å²) in [4.78, 5) is 39.1. The van der Waals surface area contributed by atoms with Crippen LogP contribution in [0, 0.1) is 5.92 Å². The van der Waals surface area contributed by atoms with E-state index in [1.807, 2.05) is 0 Å². The van der Waals surface area contributed by atoms with Crippen molar-refractivity contribution in [3.05, 3.63) is 67.7 Å². The minimum atomic E-state index is -0.392. The zero-order chi connectivity index (χ0) is 21.1. The highest BCUT2D eigenvalue weighted by atomic mass is 32.1. The third-order valence-corrected chi connectivity index (χ3v) is 6.92. The summed E-state index contributed by atoms with van der Waals surface area (Å²) in [6.07, 6.45) is 7.09. The van der Waals surface area contributed by atoms with E-state index < -0.39 is 11.7 Å². The Balaban J connectivity index is 1.58. The minimum absolute atomic E-state index is 0.0337. The Morgan fingerprint density at radius 2 is 1.83 bits per heavy atom. The molecule has 1 aliphatic carbocycles. The highest BCUT2D eigenvalue weighted by Gasteiger charge is 2.19. The van der Waals surface area contributed by atoms with Gasteiger partial charge in [-0.05, 0) is 41.8 Å². The number of esters is 1. The van der Waals surface area contributed by atoms with Gasteiger partial charge in [0, 0.05) is 7.05 Å². The number of hydrogen-bond donors (Lipinski definition) is 0. The van der Waals surface area contributed by atoms with E-state index in [1.165, 1.54) is 46.2 Å². The number of carbonyl (C=O) groups excluding carboxylic acids is 1. The van der Waals surface area contributed by atoms with Gasteiger partial charge in [-0.15, -0.1) is 11.3 Å². The molecule has 0 spiro atoms. The maximum Gasteiger partial charge on any atom is 0.338 e. The van der Waals surface area contributed by atoms with Crippen LogP contribution < -0.4 is 11.2 Å². The molecule has 0 unspecified atom stereocenters. The van der Waals surface area contributed by atoms with Crippen LogP contribution in [0.5, 0.6) is 0 Å². The number of hydrogen-bond acceptors (Lipinski definition) is 5. The minimum Gasteiger partial charge on any atom is -0.462 e. The lowest BCUT2D eigenvalue weighted by Crippen LogP contribution is -2.39. The largest absolute Gasteiger partial charge is 0.462 e. The number of rotatable bonds is 5. The summed E-state index contributed by atoms with van der Waals surface area (Å²) in [6.45, 7) is 0.460. The smallest absolute Gasteiger partial charge is 0.338 e. The summed E-state index contributed by atoms with van der Waals surface area (Å²) in [7, 11) is 1.66. The third-order valence-electron chi connectivity index (χ3n) is 5.93. The maximum atomic E-state index is 12.9. The van der Waals surface area contributed by atoms with E-state index in [-0.39, 0.29) is 12.1 Å². The van der Waals surface area contributed by atoms with Crippen LogP contribution in [0.3, 0.4) is 0 Å². The number of nitrogens with zero attached hydrogens (tertiary/aromatic N) is 2. The molecule has 0 bridgehead atoms. The highest BCUT2D eigenvalue weighted by molar-refractivity contribution is 7.16. The fourth-order valence-corrected chi connectivity index (χ4v) is 5.04. The lowest BCUT2D eigenvalue weighted by atomic mass is 10.0. The molecule has 0 amide bonds. The van der Waals surface area contributed by atoms with Crippen molar-refractivity contribution in [1.29, 1.82) is 0 Å². The van der Waals surface area contributed by atoms with Crippen LogP contribution >= 0.6 is 11.3 Å². The monoisotopic (exact) mass is 426 g/mol. The van der Waals surface area contributed by atoms with Gasteiger partial charge in [-0.1, -0.05) is 43.9 Å². The molecular weight excluding hydrogens is 400 g/mol. The SMILES string of the molecule is Cn1c(=O)n(Cc2ccccc2C(=O)OCC2CCCCCC2)c(=O)c2ccsc21. The first-order valence-corrected chi connectivity index (χ1v) is 11.4. The molecule has 30 heavy (non-hydrogen) atoms. The van der Waals surface area contributed by atoms with Gasteiger partial charge in [0.15, 0.2) is 0 Å². The molecule has 3 aromatic rings. The Morgan fingerprint density at radius 3 is 2.60 bits per heavy atom. The topological polar surface area (TPSA) is 70.3 Å². The molecule has 0 radical (unpaired) electrons. The predicted molar refractivity (Wildman–Crippen MR) is 118 cm³/mol. The zero-order valence-corrected chi connectivity index (χ0v) is 18.0. The van der Waals surface area contributed by atoms with E-state index in [2.05, 4.69) is 0 Å². The molecule has 1 fully saturated rings. The van der Waals surface area contributed by atoms with E-state index in [0.717, 1.165) is 12.8 Å². The average molecular weight is 427 g/mol. The number of ether oxygens (including phenoxy) is 1. The van der Waals surface area contributed by atoms with Crippen molar-refractivity contribution in [2.75, 3.05) is 6.61 Å². The van der Waals surface area contributed by atoms with Gasteiger partial charge in [0.05, 0.1) is 24.1 Å². The Bertz CT molecular complexity index is 1170. The first-order valence-electron chi connectivity index (χ1n) is 10.5. The second-order valence-electron chi connectivity index (χ2n) is 7.99. The molecule has 1 aromatic carbocycles. The van der Waals surface area contributed by atoms with E-state index in [4.69, 9.17) is 4.74 Å².